The van der Waals surface area contributed by atoms with Gasteiger partial charge in [-0.25, -0.2) is 17.6 Å². The zero-order valence-electron chi connectivity index (χ0n) is 17.4. The van der Waals surface area contributed by atoms with Crippen LogP contribution in [0.15, 0.2) is 23.4 Å². The molecule has 2 aromatic rings. The lowest BCUT2D eigenvalue weighted by molar-refractivity contribution is 0.0227. The Balaban J connectivity index is 0.000000592. The Bertz CT molecular complexity index is 836. The third-order valence-corrected chi connectivity index (χ3v) is 5.61. The Morgan fingerprint density at radius 1 is 1.19 bits per heavy atom. The first kappa shape index (κ1) is 27.4. The first-order valence-electron chi connectivity index (χ1n) is 9.17. The second-order valence-electron chi connectivity index (χ2n) is 6.67. The van der Waals surface area contributed by atoms with E-state index in [0.29, 0.717) is 30.5 Å². The highest BCUT2D eigenvalue weighted by atomic mass is 32.2. The van der Waals surface area contributed by atoms with E-state index in [1.807, 2.05) is 0 Å². The standard InChI is InChI=1S/C12H12F4N5OPS.C6H14O/c1-22-23(18)10-19-9(17)20-11(21-10)24-5-12(15,16)6-2-3-7(13)8(14)4-6;1-6(2)4-3-5-7/h2-4H,5,18H2,1H3,(H2,17,19,20,21);6-7H,3-5H2,1-2H3. The van der Waals surface area contributed by atoms with Crippen LogP contribution in [0.1, 0.15) is 32.3 Å². The number of nitrogen functional groups attached to an aromatic ring is 1. The summed E-state index contributed by atoms with van der Waals surface area (Å²) in [4.78, 5) is 11.4. The number of nitrogens with zero attached hydrogens (tertiary/aromatic N) is 3. The molecular formula is C18H26F4N5O2PS. The normalized spacial score (nSPS) is 12.5. The monoisotopic (exact) mass is 483 g/mol. The van der Waals surface area contributed by atoms with Crippen molar-refractivity contribution < 1.29 is 27.2 Å². The molecule has 0 amide bonds. The van der Waals surface area contributed by atoms with Crippen molar-refractivity contribution in [3.63, 3.8) is 0 Å². The fourth-order valence-electron chi connectivity index (χ4n) is 2.07. The van der Waals surface area contributed by atoms with Crippen LogP contribution in [0, 0.1) is 17.6 Å². The van der Waals surface area contributed by atoms with Crippen molar-refractivity contribution in [2.24, 2.45) is 11.4 Å². The van der Waals surface area contributed by atoms with E-state index >= 15 is 0 Å². The molecule has 0 spiro atoms. The summed E-state index contributed by atoms with van der Waals surface area (Å²) in [5, 5.41) is 8.24. The van der Waals surface area contributed by atoms with Gasteiger partial charge in [0.1, 0.15) is 0 Å². The number of alkyl halides is 2. The van der Waals surface area contributed by atoms with Gasteiger partial charge in [0.2, 0.25) is 11.5 Å². The number of thioether (sulfide) groups is 1. The lowest BCUT2D eigenvalue weighted by atomic mass is 10.1. The minimum atomic E-state index is -3.44. The van der Waals surface area contributed by atoms with Crippen LogP contribution in [0.25, 0.3) is 0 Å². The SMILES string of the molecule is CC(C)CCCO.COP(N)c1nc(N)nc(SCC(F)(F)c2ccc(F)c(F)c2)n1. The number of aromatic nitrogens is 3. The number of aliphatic hydroxyl groups excluding tert-OH is 1. The van der Waals surface area contributed by atoms with Crippen LogP contribution < -0.4 is 16.8 Å². The lowest BCUT2D eigenvalue weighted by Crippen LogP contribution is -2.21. The maximum Gasteiger partial charge on any atom is 0.282 e. The van der Waals surface area contributed by atoms with E-state index in [1.165, 1.54) is 7.11 Å². The highest BCUT2D eigenvalue weighted by Crippen LogP contribution is 2.34. The van der Waals surface area contributed by atoms with Crippen LogP contribution in [-0.2, 0) is 10.4 Å². The summed E-state index contributed by atoms with van der Waals surface area (Å²) in [5.41, 5.74) is 10.5. The molecule has 0 saturated carbocycles. The quantitative estimate of drug-likeness (QED) is 0.281. The molecule has 0 radical (unpaired) electrons. The number of hydrogen-bond acceptors (Lipinski definition) is 8. The predicted molar refractivity (Wildman–Crippen MR) is 114 cm³/mol. The molecule has 0 fully saturated rings. The largest absolute Gasteiger partial charge is 0.396 e. The highest BCUT2D eigenvalue weighted by molar-refractivity contribution is 7.99. The van der Waals surface area contributed by atoms with Gasteiger partial charge < -0.3 is 15.4 Å². The number of hydrogen-bond donors (Lipinski definition) is 3. The molecule has 0 saturated heterocycles. The van der Waals surface area contributed by atoms with Gasteiger partial charge in [0.05, 0.1) is 5.75 Å². The average Bonchev–Trinajstić information content (AvgIpc) is 2.72. The van der Waals surface area contributed by atoms with Crippen LogP contribution in [0.4, 0.5) is 23.5 Å². The molecule has 1 heterocycles. The highest BCUT2D eigenvalue weighted by Gasteiger charge is 2.33. The van der Waals surface area contributed by atoms with E-state index in [0.717, 1.165) is 24.8 Å². The van der Waals surface area contributed by atoms with Gasteiger partial charge in [0, 0.05) is 19.3 Å². The first-order chi connectivity index (χ1) is 14.5. The van der Waals surface area contributed by atoms with E-state index < -0.39 is 37.2 Å². The summed E-state index contributed by atoms with van der Waals surface area (Å²) in [6, 6.07) is 1.91. The van der Waals surface area contributed by atoms with E-state index in [4.69, 9.17) is 20.9 Å². The predicted octanol–water partition coefficient (Wildman–Crippen LogP) is 3.57. The van der Waals surface area contributed by atoms with Gasteiger partial charge in [-0.15, -0.1) is 0 Å². The van der Waals surface area contributed by atoms with Crippen molar-refractivity contribution in [2.45, 2.75) is 37.8 Å². The molecule has 1 atom stereocenters. The number of anilines is 1. The van der Waals surface area contributed by atoms with E-state index in [9.17, 15) is 17.6 Å². The zero-order valence-corrected chi connectivity index (χ0v) is 19.1. The fourth-order valence-corrected chi connectivity index (χ4v) is 3.48. The lowest BCUT2D eigenvalue weighted by Gasteiger charge is -2.16. The zero-order chi connectivity index (χ0) is 23.6. The van der Waals surface area contributed by atoms with Gasteiger partial charge in [0.25, 0.3) is 5.92 Å². The van der Waals surface area contributed by atoms with Gasteiger partial charge in [-0.05, 0) is 37.0 Å². The topological polar surface area (TPSA) is 120 Å². The number of rotatable bonds is 9. The maximum absolute atomic E-state index is 14.1. The molecule has 0 aliphatic heterocycles. The van der Waals surface area contributed by atoms with Crippen LogP contribution in [-0.4, -0.2) is 39.5 Å². The molecule has 5 N–H and O–H groups in total. The van der Waals surface area contributed by atoms with Crippen molar-refractivity contribution in [3.05, 3.63) is 35.4 Å². The van der Waals surface area contributed by atoms with Crippen molar-refractivity contribution in [1.29, 1.82) is 0 Å². The second-order valence-corrected chi connectivity index (χ2v) is 9.03. The summed E-state index contributed by atoms with van der Waals surface area (Å²) < 4.78 is 59.1. The van der Waals surface area contributed by atoms with Crippen molar-refractivity contribution >= 4 is 31.6 Å². The smallest absolute Gasteiger partial charge is 0.282 e. The Morgan fingerprint density at radius 3 is 2.39 bits per heavy atom. The molecule has 13 heteroatoms. The fraction of sp³-hybridized carbons (Fsp3) is 0.500. The van der Waals surface area contributed by atoms with Gasteiger partial charge >= 0.3 is 0 Å². The molecule has 0 aliphatic rings. The first-order valence-corrected chi connectivity index (χ1v) is 11.5. The molecule has 1 aromatic heterocycles. The molecule has 1 aromatic carbocycles. The number of benzene rings is 1. The molecule has 1 unspecified atom stereocenters. The summed E-state index contributed by atoms with van der Waals surface area (Å²) in [5.74, 6) is -6.24. The van der Waals surface area contributed by atoms with Gasteiger partial charge in [-0.3, -0.25) is 5.50 Å². The average molecular weight is 483 g/mol. The van der Waals surface area contributed by atoms with E-state index in [-0.39, 0.29) is 16.7 Å². The molecular weight excluding hydrogens is 457 g/mol. The molecule has 174 valence electrons. The summed E-state index contributed by atoms with van der Waals surface area (Å²) in [7, 11) is -0.288. The summed E-state index contributed by atoms with van der Waals surface area (Å²) in [6.45, 7) is 4.67. The van der Waals surface area contributed by atoms with Crippen molar-refractivity contribution in [3.8, 4) is 0 Å². The second kappa shape index (κ2) is 13.1. The minimum Gasteiger partial charge on any atom is -0.396 e. The van der Waals surface area contributed by atoms with Crippen molar-refractivity contribution in [1.82, 2.24) is 15.0 Å². The molecule has 0 bridgehead atoms. The molecule has 0 aliphatic carbocycles. The number of halogens is 4. The Labute approximate surface area is 183 Å². The van der Waals surface area contributed by atoms with Crippen LogP contribution in [0.3, 0.4) is 0 Å². The third-order valence-electron chi connectivity index (χ3n) is 3.68. The Morgan fingerprint density at radius 2 is 1.87 bits per heavy atom. The van der Waals surface area contributed by atoms with Crippen LogP contribution in [0.2, 0.25) is 0 Å². The van der Waals surface area contributed by atoms with Gasteiger partial charge in [-0.1, -0.05) is 25.6 Å². The number of aliphatic hydroxyl groups is 1. The minimum absolute atomic E-state index is 0.0543. The summed E-state index contributed by atoms with van der Waals surface area (Å²) >= 11 is 0.579. The third kappa shape index (κ3) is 9.61. The molecule has 7 nitrogen and oxygen atoms in total. The van der Waals surface area contributed by atoms with Crippen molar-refractivity contribution in [2.75, 3.05) is 25.2 Å². The number of nitrogens with two attached hydrogens (primary N) is 2. The molecule has 2 rings (SSSR count). The Hall–Kier alpha value is -1.59. The van der Waals surface area contributed by atoms with E-state index in [2.05, 4.69) is 28.8 Å². The van der Waals surface area contributed by atoms with Crippen LogP contribution >= 0.6 is 20.1 Å². The van der Waals surface area contributed by atoms with E-state index in [1.54, 1.807) is 0 Å². The van der Waals surface area contributed by atoms with Crippen LogP contribution in [0.5, 0.6) is 0 Å². The van der Waals surface area contributed by atoms with Gasteiger partial charge in [-0.2, -0.15) is 15.0 Å². The van der Waals surface area contributed by atoms with Gasteiger partial charge in [0.15, 0.2) is 25.1 Å². The Kier molecular flexibility index (Phi) is 11.6. The summed E-state index contributed by atoms with van der Waals surface area (Å²) in [6.07, 6.45) is 2.11. The maximum atomic E-state index is 14.1. The molecule has 31 heavy (non-hydrogen) atoms.